The molecule has 4 nitrogen and oxygen atoms in total. The average Bonchev–Trinajstić information content (AvgIpc) is 3.06. The number of aliphatic carboxylic acids is 1. The Morgan fingerprint density at radius 2 is 1.71 bits per heavy atom. The Morgan fingerprint density at radius 1 is 1.24 bits per heavy atom. The summed E-state index contributed by atoms with van der Waals surface area (Å²) in [5.74, 6) is 0.280. The lowest BCUT2D eigenvalue weighted by atomic mass is 9.89. The van der Waals surface area contributed by atoms with Gasteiger partial charge in [-0.2, -0.15) is 0 Å². The Bertz CT molecular complexity index is 318. The minimum atomic E-state index is -0.971. The van der Waals surface area contributed by atoms with Crippen LogP contribution in [0.4, 0.5) is 0 Å². The molecule has 2 N–H and O–H groups in total. The van der Waals surface area contributed by atoms with Gasteiger partial charge in [0, 0.05) is 12.5 Å². The van der Waals surface area contributed by atoms with Crippen molar-refractivity contribution >= 4 is 11.9 Å². The third-order valence-electron chi connectivity index (χ3n) is 3.77. The number of carbonyl (C=O) groups excluding carboxylic acids is 1. The first-order valence-electron chi connectivity index (χ1n) is 6.43. The second-order valence-electron chi connectivity index (χ2n) is 6.13. The number of hydrogen-bond acceptors (Lipinski definition) is 2. The van der Waals surface area contributed by atoms with E-state index in [2.05, 4.69) is 5.32 Å². The summed E-state index contributed by atoms with van der Waals surface area (Å²) in [4.78, 5) is 22.8. The molecule has 2 rings (SSSR count). The van der Waals surface area contributed by atoms with E-state index in [0.717, 1.165) is 0 Å². The topological polar surface area (TPSA) is 66.4 Å². The van der Waals surface area contributed by atoms with Gasteiger partial charge in [-0.1, -0.05) is 0 Å². The molecule has 0 aliphatic heterocycles. The molecule has 2 saturated carbocycles. The van der Waals surface area contributed by atoms with Crippen LogP contribution >= 0.6 is 0 Å². The number of hydrogen-bond donors (Lipinski definition) is 2. The van der Waals surface area contributed by atoms with Gasteiger partial charge in [0.05, 0.1) is 5.41 Å². The molecule has 2 aliphatic carbocycles. The third-order valence-corrected chi connectivity index (χ3v) is 3.77. The lowest BCUT2D eigenvalue weighted by molar-refractivity contribution is -0.149. The van der Waals surface area contributed by atoms with Crippen molar-refractivity contribution in [1.82, 2.24) is 5.32 Å². The molecule has 0 saturated heterocycles. The van der Waals surface area contributed by atoms with Crippen LogP contribution in [0.25, 0.3) is 0 Å². The Balaban J connectivity index is 1.85. The fraction of sp³-hybridized carbons (Fsp3) is 0.846. The van der Waals surface area contributed by atoms with Crippen LogP contribution in [0.5, 0.6) is 0 Å². The van der Waals surface area contributed by atoms with E-state index < -0.39 is 11.4 Å². The molecule has 2 fully saturated rings. The van der Waals surface area contributed by atoms with Crippen molar-refractivity contribution in [2.45, 2.75) is 52.0 Å². The summed E-state index contributed by atoms with van der Waals surface area (Å²) in [5, 5.41) is 12.0. The van der Waals surface area contributed by atoms with Gasteiger partial charge in [0.2, 0.25) is 5.91 Å². The van der Waals surface area contributed by atoms with Crippen LogP contribution in [0.2, 0.25) is 0 Å². The predicted octanol–water partition coefficient (Wildman–Crippen LogP) is 1.79. The van der Waals surface area contributed by atoms with E-state index in [9.17, 15) is 9.59 Å². The molecule has 2 aliphatic rings. The van der Waals surface area contributed by atoms with Crippen molar-refractivity contribution in [3.8, 4) is 0 Å². The number of rotatable bonds is 6. The number of nitrogens with one attached hydrogen (secondary N) is 1. The minimum absolute atomic E-state index is 0.0677. The van der Waals surface area contributed by atoms with Gasteiger partial charge in [-0.25, -0.2) is 0 Å². The highest BCUT2D eigenvalue weighted by atomic mass is 16.4. The maximum atomic E-state index is 11.9. The summed E-state index contributed by atoms with van der Waals surface area (Å²) in [6, 6.07) is 0.312. The van der Waals surface area contributed by atoms with Crippen molar-refractivity contribution in [2.24, 2.45) is 17.3 Å². The smallest absolute Gasteiger partial charge is 0.309 e. The maximum Gasteiger partial charge on any atom is 0.309 e. The van der Waals surface area contributed by atoms with E-state index in [1.165, 1.54) is 25.7 Å². The molecule has 0 aromatic rings. The van der Waals surface area contributed by atoms with Crippen LogP contribution < -0.4 is 5.32 Å². The first-order valence-corrected chi connectivity index (χ1v) is 6.43. The number of carboxylic acid groups (broad SMARTS) is 1. The number of carbonyl (C=O) groups is 2. The highest BCUT2D eigenvalue weighted by Gasteiger charge is 2.42. The second kappa shape index (κ2) is 4.31. The Hall–Kier alpha value is -1.06. The lowest BCUT2D eigenvalue weighted by Crippen LogP contribution is -2.41. The Labute approximate surface area is 102 Å². The molecule has 0 aromatic heterocycles. The first kappa shape index (κ1) is 12.4. The van der Waals surface area contributed by atoms with E-state index in [1.807, 2.05) is 0 Å². The van der Waals surface area contributed by atoms with Gasteiger partial charge in [0.25, 0.3) is 0 Å². The van der Waals surface area contributed by atoms with Gasteiger partial charge in [-0.15, -0.1) is 0 Å². The van der Waals surface area contributed by atoms with Crippen LogP contribution in [0, 0.1) is 17.3 Å². The third kappa shape index (κ3) is 3.20. The second-order valence-corrected chi connectivity index (χ2v) is 6.13. The quantitative estimate of drug-likeness (QED) is 0.742. The molecule has 0 bridgehead atoms. The molecule has 96 valence electrons. The van der Waals surface area contributed by atoms with Crippen molar-refractivity contribution in [3.05, 3.63) is 0 Å². The van der Waals surface area contributed by atoms with E-state index >= 15 is 0 Å². The summed E-state index contributed by atoms with van der Waals surface area (Å²) in [6.45, 7) is 3.19. The van der Waals surface area contributed by atoms with Gasteiger partial charge in [0.15, 0.2) is 0 Å². The zero-order valence-corrected chi connectivity index (χ0v) is 10.5. The largest absolute Gasteiger partial charge is 0.481 e. The highest BCUT2D eigenvalue weighted by molar-refractivity contribution is 5.84. The fourth-order valence-electron chi connectivity index (χ4n) is 2.25. The molecule has 0 spiro atoms. The molecule has 0 unspecified atom stereocenters. The summed E-state index contributed by atoms with van der Waals surface area (Å²) >= 11 is 0. The van der Waals surface area contributed by atoms with E-state index in [4.69, 9.17) is 5.11 Å². The Morgan fingerprint density at radius 3 is 2.06 bits per heavy atom. The summed E-state index contributed by atoms with van der Waals surface area (Å²) in [7, 11) is 0. The zero-order chi connectivity index (χ0) is 12.6. The molecule has 0 radical (unpaired) electrons. The summed E-state index contributed by atoms with van der Waals surface area (Å²) in [5.41, 5.74) is -0.971. The van der Waals surface area contributed by atoms with E-state index in [-0.39, 0.29) is 12.3 Å². The number of carboxylic acids is 1. The van der Waals surface area contributed by atoms with Crippen molar-refractivity contribution in [1.29, 1.82) is 0 Å². The van der Waals surface area contributed by atoms with Gasteiger partial charge < -0.3 is 10.4 Å². The van der Waals surface area contributed by atoms with Crippen molar-refractivity contribution in [3.63, 3.8) is 0 Å². The van der Waals surface area contributed by atoms with Crippen molar-refractivity contribution < 1.29 is 14.7 Å². The van der Waals surface area contributed by atoms with Crippen molar-refractivity contribution in [2.75, 3.05) is 0 Å². The van der Waals surface area contributed by atoms with Crippen LogP contribution in [0.3, 0.4) is 0 Å². The molecular formula is C13H21NO3. The monoisotopic (exact) mass is 239 g/mol. The minimum Gasteiger partial charge on any atom is -0.481 e. The summed E-state index contributed by atoms with van der Waals surface area (Å²) in [6.07, 6.45) is 4.92. The van der Waals surface area contributed by atoms with Crippen LogP contribution in [-0.4, -0.2) is 23.0 Å². The normalized spacial score (nSPS) is 20.4. The van der Waals surface area contributed by atoms with Gasteiger partial charge >= 0.3 is 5.97 Å². The van der Waals surface area contributed by atoms with Crippen LogP contribution in [-0.2, 0) is 9.59 Å². The van der Waals surface area contributed by atoms with E-state index in [1.54, 1.807) is 13.8 Å². The van der Waals surface area contributed by atoms with Gasteiger partial charge in [0.1, 0.15) is 0 Å². The Kier molecular flexibility index (Phi) is 3.15. The van der Waals surface area contributed by atoms with Crippen LogP contribution in [0.15, 0.2) is 0 Å². The zero-order valence-electron chi connectivity index (χ0n) is 10.5. The first-order chi connectivity index (χ1) is 7.90. The van der Waals surface area contributed by atoms with Gasteiger partial charge in [-0.05, 0) is 51.4 Å². The molecule has 17 heavy (non-hydrogen) atoms. The molecule has 0 atom stereocenters. The van der Waals surface area contributed by atoms with Crippen LogP contribution in [0.1, 0.15) is 46.0 Å². The fourth-order valence-corrected chi connectivity index (χ4v) is 2.25. The highest BCUT2D eigenvalue weighted by Crippen LogP contribution is 2.44. The average molecular weight is 239 g/mol. The molecule has 1 amide bonds. The summed E-state index contributed by atoms with van der Waals surface area (Å²) < 4.78 is 0. The molecule has 0 heterocycles. The molecule has 4 heteroatoms. The lowest BCUT2D eigenvalue weighted by Gasteiger charge is -2.22. The number of amides is 1. The van der Waals surface area contributed by atoms with E-state index in [0.29, 0.717) is 17.9 Å². The molecular weight excluding hydrogens is 218 g/mol. The predicted molar refractivity (Wildman–Crippen MR) is 63.4 cm³/mol. The van der Waals surface area contributed by atoms with Gasteiger partial charge in [-0.3, -0.25) is 9.59 Å². The molecule has 0 aromatic carbocycles. The standard InChI is InChI=1S/C13H21NO3/c1-13(2,12(16)17)7-10(15)14-11(8-3-4-8)9-5-6-9/h8-9,11H,3-7H2,1-2H3,(H,14,15)(H,16,17). The SMILES string of the molecule is CC(C)(CC(=O)NC(C1CC1)C1CC1)C(=O)O. The maximum absolute atomic E-state index is 11.9.